The smallest absolute Gasteiger partial charge is 0.238 e. The van der Waals surface area contributed by atoms with Crippen LogP contribution in [0.5, 0.6) is 17.2 Å². The van der Waals surface area contributed by atoms with E-state index in [4.69, 9.17) is 4.42 Å². The van der Waals surface area contributed by atoms with Crippen molar-refractivity contribution in [2.45, 2.75) is 27.2 Å². The first-order chi connectivity index (χ1) is 12.5. The first-order valence-corrected chi connectivity index (χ1v) is 8.26. The van der Waals surface area contributed by atoms with Gasteiger partial charge in [0.25, 0.3) is 0 Å². The third kappa shape index (κ3) is 3.88. The summed E-state index contributed by atoms with van der Waals surface area (Å²) in [6.45, 7) is 13.1. The van der Waals surface area contributed by atoms with Crippen LogP contribution in [0.1, 0.15) is 32.1 Å². The average molecular weight is 356 g/mol. The second-order valence-corrected chi connectivity index (χ2v) is 5.05. The van der Waals surface area contributed by atoms with Gasteiger partial charge in [0.05, 0.1) is 0 Å². The third-order valence-corrected chi connectivity index (χ3v) is 3.50. The minimum Gasteiger partial charge on any atom is -0.507 e. The van der Waals surface area contributed by atoms with E-state index >= 15 is 0 Å². The van der Waals surface area contributed by atoms with E-state index in [-0.39, 0.29) is 28.9 Å². The topological polar surface area (TPSA) is 90.9 Å². The average Bonchev–Trinajstić information content (AvgIpc) is 2.64. The first kappa shape index (κ1) is 20.8. The van der Waals surface area contributed by atoms with Gasteiger partial charge in [-0.05, 0) is 13.3 Å². The predicted molar refractivity (Wildman–Crippen MR) is 106 cm³/mol. The van der Waals surface area contributed by atoms with Crippen LogP contribution in [0.4, 0.5) is 0 Å². The highest BCUT2D eigenvalue weighted by atomic mass is 16.4. The summed E-state index contributed by atoms with van der Waals surface area (Å²) >= 11 is 0. The van der Waals surface area contributed by atoms with Crippen molar-refractivity contribution < 1.29 is 19.7 Å². The monoisotopic (exact) mass is 356 g/mol. The molecule has 138 valence electrons. The second-order valence-electron chi connectivity index (χ2n) is 5.05. The van der Waals surface area contributed by atoms with Crippen molar-refractivity contribution in [2.75, 3.05) is 0 Å². The lowest BCUT2D eigenvalue weighted by molar-refractivity contribution is 0.426. The van der Waals surface area contributed by atoms with Crippen molar-refractivity contribution in [1.82, 2.24) is 0 Å². The Morgan fingerprint density at radius 3 is 2.38 bits per heavy atom. The molecule has 2 aromatic rings. The molecule has 0 radical (unpaired) electrons. The number of hydrogen-bond donors (Lipinski definition) is 3. The number of phenolic OH excluding ortho intramolecular Hbond substituents is 2. The van der Waals surface area contributed by atoms with E-state index in [1.54, 1.807) is 18.2 Å². The van der Waals surface area contributed by atoms with Gasteiger partial charge in [0, 0.05) is 17.2 Å². The van der Waals surface area contributed by atoms with Crippen LogP contribution in [-0.4, -0.2) is 15.3 Å². The van der Waals surface area contributed by atoms with E-state index in [1.807, 2.05) is 20.8 Å². The lowest BCUT2D eigenvalue weighted by Crippen LogP contribution is -2.06. The minimum atomic E-state index is -0.790. The van der Waals surface area contributed by atoms with Crippen molar-refractivity contribution in [2.24, 2.45) is 0 Å². The summed E-state index contributed by atoms with van der Waals surface area (Å²) in [4.78, 5) is 12.5. The van der Waals surface area contributed by atoms with E-state index < -0.39 is 16.9 Å². The predicted octanol–water partition coefficient (Wildman–Crippen LogP) is 4.81. The molecular formula is C21H24O5. The number of phenols is 2. The molecule has 1 aromatic carbocycles. The van der Waals surface area contributed by atoms with E-state index in [0.717, 1.165) is 6.07 Å². The number of aromatic hydroxyl groups is 3. The summed E-state index contributed by atoms with van der Waals surface area (Å²) in [7, 11) is 0. The largest absolute Gasteiger partial charge is 0.507 e. The molecule has 2 rings (SSSR count). The van der Waals surface area contributed by atoms with Gasteiger partial charge in [0.2, 0.25) is 11.2 Å². The van der Waals surface area contributed by atoms with Crippen LogP contribution in [0, 0.1) is 0 Å². The Bertz CT molecular complexity index is 930. The number of hydrogen-bond acceptors (Lipinski definition) is 5. The molecule has 0 aliphatic heterocycles. The normalized spacial score (nSPS) is 11.3. The molecule has 0 saturated heterocycles. The molecule has 0 aliphatic rings. The Morgan fingerprint density at radius 2 is 1.85 bits per heavy atom. The van der Waals surface area contributed by atoms with Crippen LogP contribution in [-0.2, 0) is 6.42 Å². The maximum absolute atomic E-state index is 12.5. The molecule has 0 spiro atoms. The van der Waals surface area contributed by atoms with E-state index in [0.29, 0.717) is 11.1 Å². The molecule has 5 heteroatoms. The fraction of sp³-hybridized carbons (Fsp3) is 0.190. The van der Waals surface area contributed by atoms with E-state index in [9.17, 15) is 20.1 Å². The van der Waals surface area contributed by atoms with Gasteiger partial charge in [-0.25, -0.2) is 0 Å². The van der Waals surface area contributed by atoms with Crippen molar-refractivity contribution in [3.63, 3.8) is 0 Å². The minimum absolute atomic E-state index is 0.00146. The van der Waals surface area contributed by atoms with Gasteiger partial charge in [-0.1, -0.05) is 50.8 Å². The molecule has 1 aromatic heterocycles. The first-order valence-electron chi connectivity index (χ1n) is 8.26. The van der Waals surface area contributed by atoms with Crippen molar-refractivity contribution in [1.29, 1.82) is 0 Å². The van der Waals surface area contributed by atoms with E-state index in [2.05, 4.69) is 13.2 Å². The molecule has 0 atom stereocenters. The van der Waals surface area contributed by atoms with E-state index in [1.165, 1.54) is 12.2 Å². The lowest BCUT2D eigenvalue weighted by atomic mass is 10.0. The summed E-state index contributed by atoms with van der Waals surface area (Å²) in [5, 5.41) is 30.0. The molecule has 0 saturated carbocycles. The molecule has 0 amide bonds. The summed E-state index contributed by atoms with van der Waals surface area (Å²) < 4.78 is 5.68. The molecule has 0 aliphatic carbocycles. The molecule has 0 unspecified atom stereocenters. The summed E-state index contributed by atoms with van der Waals surface area (Å²) in [5.41, 5.74) is -0.108. The van der Waals surface area contributed by atoms with Crippen LogP contribution in [0.25, 0.3) is 16.5 Å². The Labute approximate surface area is 152 Å². The fourth-order valence-corrected chi connectivity index (χ4v) is 2.35. The van der Waals surface area contributed by atoms with Crippen molar-refractivity contribution in [3.8, 4) is 17.2 Å². The zero-order chi connectivity index (χ0) is 19.9. The Balaban J connectivity index is 0.00000163. The molecule has 0 fully saturated rings. The van der Waals surface area contributed by atoms with Crippen molar-refractivity contribution >= 4 is 16.5 Å². The molecule has 5 nitrogen and oxygen atoms in total. The number of rotatable bonds is 5. The fourth-order valence-electron chi connectivity index (χ4n) is 2.35. The SMILES string of the molecule is C=CCc1c(O)cc(O)c2c(=O)c(O)c(/C(C=C)=C/C=C\C)oc12.CC. The van der Waals surface area contributed by atoms with Gasteiger partial charge in [-0.15, -0.1) is 6.58 Å². The third-order valence-electron chi connectivity index (χ3n) is 3.50. The van der Waals surface area contributed by atoms with Gasteiger partial charge < -0.3 is 19.7 Å². The van der Waals surface area contributed by atoms with Gasteiger partial charge in [0.15, 0.2) is 5.76 Å². The number of benzene rings is 1. The maximum Gasteiger partial charge on any atom is 0.238 e. The highest BCUT2D eigenvalue weighted by Crippen LogP contribution is 2.37. The van der Waals surface area contributed by atoms with Gasteiger partial charge in [-0.2, -0.15) is 0 Å². The highest BCUT2D eigenvalue weighted by Gasteiger charge is 2.22. The van der Waals surface area contributed by atoms with Crippen molar-refractivity contribution in [3.05, 3.63) is 71.2 Å². The highest BCUT2D eigenvalue weighted by molar-refractivity contribution is 5.91. The molecule has 0 bridgehead atoms. The van der Waals surface area contributed by atoms with Gasteiger partial charge >= 0.3 is 0 Å². The summed E-state index contributed by atoms with van der Waals surface area (Å²) in [6.07, 6.45) is 8.26. The lowest BCUT2D eigenvalue weighted by Gasteiger charge is -2.11. The number of allylic oxidation sites excluding steroid dienone is 6. The summed E-state index contributed by atoms with van der Waals surface area (Å²) in [5.74, 6) is -1.42. The standard InChI is InChI=1S/C19H18O5.C2H6/c1-4-7-9-11(6-3)18-17(23)16(22)15-14(21)10-13(20)12(8-5-2)19(15)24-18;1-2/h4-7,9-10,20-21,23H,2-3,8H2,1H3;1-2H3/b7-4-,11-9+;. The molecular weight excluding hydrogens is 332 g/mol. The molecule has 1 heterocycles. The summed E-state index contributed by atoms with van der Waals surface area (Å²) in [6, 6.07) is 1.04. The zero-order valence-electron chi connectivity index (χ0n) is 15.2. The quantitative estimate of drug-likeness (QED) is 0.528. The maximum atomic E-state index is 12.5. The molecule has 3 N–H and O–H groups in total. The van der Waals surface area contributed by atoms with Crippen LogP contribution >= 0.6 is 0 Å². The van der Waals surface area contributed by atoms with Crippen LogP contribution in [0.3, 0.4) is 0 Å². The Kier molecular flexibility index (Phi) is 7.47. The Hall–Kier alpha value is -3.21. The van der Waals surface area contributed by atoms with Gasteiger partial charge in [-0.3, -0.25) is 4.79 Å². The van der Waals surface area contributed by atoms with Crippen LogP contribution < -0.4 is 5.43 Å². The second kappa shape index (κ2) is 9.32. The van der Waals surface area contributed by atoms with Crippen LogP contribution in [0.2, 0.25) is 0 Å². The zero-order valence-corrected chi connectivity index (χ0v) is 15.2. The molecule has 26 heavy (non-hydrogen) atoms. The number of fused-ring (bicyclic) bond motifs is 1. The van der Waals surface area contributed by atoms with Crippen LogP contribution in [0.15, 0.2) is 58.8 Å². The Morgan fingerprint density at radius 1 is 1.19 bits per heavy atom. The van der Waals surface area contributed by atoms with Gasteiger partial charge in [0.1, 0.15) is 22.5 Å².